The molecule has 0 radical (unpaired) electrons. The second-order valence-electron chi connectivity index (χ2n) is 6.23. The Morgan fingerprint density at radius 1 is 0.769 bits per heavy atom. The van der Waals surface area contributed by atoms with Gasteiger partial charge < -0.3 is 4.90 Å². The van der Waals surface area contributed by atoms with Crippen LogP contribution >= 0.6 is 0 Å². The van der Waals surface area contributed by atoms with Crippen LogP contribution in [0.5, 0.6) is 0 Å². The third kappa shape index (κ3) is 2.63. The summed E-state index contributed by atoms with van der Waals surface area (Å²) < 4.78 is 0. The Kier molecular flexibility index (Phi) is 3.97. The summed E-state index contributed by atoms with van der Waals surface area (Å²) in [5.74, 6) is -0.261. The van der Waals surface area contributed by atoms with E-state index in [1.807, 2.05) is 60.7 Å². The molecule has 0 aromatic heterocycles. The molecule has 0 aliphatic carbocycles. The van der Waals surface area contributed by atoms with Gasteiger partial charge in [-0.1, -0.05) is 60.7 Å². The summed E-state index contributed by atoms with van der Waals surface area (Å²) >= 11 is 0. The lowest BCUT2D eigenvalue weighted by molar-refractivity contribution is -0.384. The van der Waals surface area contributed by atoms with E-state index in [2.05, 4.69) is 0 Å². The number of rotatable bonds is 4. The Labute approximate surface area is 150 Å². The molecule has 5 heteroatoms. The molecule has 1 saturated heterocycles. The van der Waals surface area contributed by atoms with Crippen molar-refractivity contribution in [1.29, 1.82) is 0 Å². The van der Waals surface area contributed by atoms with Crippen LogP contribution in [0.15, 0.2) is 84.9 Å². The van der Waals surface area contributed by atoms with Gasteiger partial charge >= 0.3 is 0 Å². The van der Waals surface area contributed by atoms with Crippen LogP contribution in [-0.2, 0) is 4.79 Å². The average Bonchev–Trinajstić information content (AvgIpc) is 2.68. The number of nitro groups is 1. The van der Waals surface area contributed by atoms with E-state index in [9.17, 15) is 14.9 Å². The number of para-hydroxylation sites is 1. The maximum atomic E-state index is 12.9. The smallest absolute Gasteiger partial charge is 0.269 e. The largest absolute Gasteiger partial charge is 0.303 e. The summed E-state index contributed by atoms with van der Waals surface area (Å²) in [6.07, 6.45) is 0. The number of nitro benzene ring substituents is 1. The van der Waals surface area contributed by atoms with Crippen LogP contribution < -0.4 is 4.90 Å². The zero-order valence-corrected chi connectivity index (χ0v) is 13.9. The lowest BCUT2D eigenvalue weighted by atomic mass is 9.77. The van der Waals surface area contributed by atoms with E-state index < -0.39 is 4.92 Å². The van der Waals surface area contributed by atoms with Gasteiger partial charge in [0.25, 0.3) is 5.69 Å². The quantitative estimate of drug-likeness (QED) is 0.398. The first-order valence-electron chi connectivity index (χ1n) is 8.34. The number of amides is 1. The summed E-state index contributed by atoms with van der Waals surface area (Å²) in [6.45, 7) is 0. The molecule has 5 nitrogen and oxygen atoms in total. The Morgan fingerprint density at radius 2 is 1.35 bits per heavy atom. The molecule has 4 rings (SSSR count). The predicted octanol–water partition coefficient (Wildman–Crippen LogP) is 4.47. The van der Waals surface area contributed by atoms with Crippen LogP contribution in [0.3, 0.4) is 0 Å². The van der Waals surface area contributed by atoms with E-state index in [4.69, 9.17) is 0 Å². The van der Waals surface area contributed by atoms with E-state index >= 15 is 0 Å². The summed E-state index contributed by atoms with van der Waals surface area (Å²) in [6, 6.07) is 25.4. The molecular weight excluding hydrogens is 328 g/mol. The van der Waals surface area contributed by atoms with Gasteiger partial charge in [-0.2, -0.15) is 0 Å². The maximum Gasteiger partial charge on any atom is 0.269 e. The van der Waals surface area contributed by atoms with Crippen LogP contribution in [0.4, 0.5) is 11.4 Å². The minimum atomic E-state index is -0.417. The van der Waals surface area contributed by atoms with Crippen molar-refractivity contribution in [2.75, 3.05) is 4.90 Å². The molecule has 0 bridgehead atoms. The number of hydrogen-bond acceptors (Lipinski definition) is 3. The van der Waals surface area contributed by atoms with Gasteiger partial charge in [-0.25, -0.2) is 0 Å². The molecule has 3 aromatic rings. The third-order valence-corrected chi connectivity index (χ3v) is 4.74. The highest BCUT2D eigenvalue weighted by molar-refractivity contribution is 6.06. The van der Waals surface area contributed by atoms with Crippen LogP contribution in [-0.4, -0.2) is 10.8 Å². The van der Waals surface area contributed by atoms with E-state index in [0.717, 1.165) is 16.8 Å². The first-order valence-corrected chi connectivity index (χ1v) is 8.34. The SMILES string of the molecule is O=C1[C@@H](c2ccccc2)[C@@H](c2ccc([N+](=O)[O-])cc2)N1c1ccccc1. The molecule has 0 unspecified atom stereocenters. The number of anilines is 1. The molecule has 3 aromatic carbocycles. The van der Waals surface area contributed by atoms with Crippen molar-refractivity contribution in [1.82, 2.24) is 0 Å². The summed E-state index contributed by atoms with van der Waals surface area (Å²) in [5, 5.41) is 10.9. The Bertz CT molecular complexity index is 891. The minimum absolute atomic E-state index is 0.0331. The fourth-order valence-electron chi connectivity index (χ4n) is 3.49. The second kappa shape index (κ2) is 6.44. The third-order valence-electron chi connectivity index (χ3n) is 4.74. The van der Waals surface area contributed by atoms with Crippen molar-refractivity contribution in [2.24, 2.45) is 0 Å². The molecule has 1 aliphatic rings. The van der Waals surface area contributed by atoms with Crippen LogP contribution in [0.25, 0.3) is 0 Å². The van der Waals surface area contributed by atoms with E-state index in [-0.39, 0.29) is 23.6 Å². The van der Waals surface area contributed by atoms with Gasteiger partial charge in [0.15, 0.2) is 0 Å². The van der Waals surface area contributed by atoms with E-state index in [1.54, 1.807) is 17.0 Å². The molecule has 26 heavy (non-hydrogen) atoms. The van der Waals surface area contributed by atoms with Crippen molar-refractivity contribution in [2.45, 2.75) is 12.0 Å². The second-order valence-corrected chi connectivity index (χ2v) is 6.23. The highest BCUT2D eigenvalue weighted by Gasteiger charge is 2.49. The molecule has 128 valence electrons. The number of benzene rings is 3. The van der Waals surface area contributed by atoms with E-state index in [1.165, 1.54) is 12.1 Å². The van der Waals surface area contributed by atoms with E-state index in [0.29, 0.717) is 0 Å². The molecule has 0 spiro atoms. The van der Waals surface area contributed by atoms with Gasteiger partial charge in [0.1, 0.15) is 0 Å². The summed E-state index contributed by atoms with van der Waals surface area (Å²) in [7, 11) is 0. The molecule has 2 atom stereocenters. The van der Waals surface area contributed by atoms with Crippen molar-refractivity contribution >= 4 is 17.3 Å². The average molecular weight is 344 g/mol. The van der Waals surface area contributed by atoms with Crippen molar-refractivity contribution < 1.29 is 9.72 Å². The standard InChI is InChI=1S/C21H16N2O3/c24-21-19(15-7-3-1-4-8-15)20(22(21)17-9-5-2-6-10-17)16-11-13-18(14-12-16)23(25)26/h1-14,19-20H/t19-,20+/m0/s1. The molecule has 1 amide bonds. The maximum absolute atomic E-state index is 12.9. The fourth-order valence-corrected chi connectivity index (χ4v) is 3.49. The van der Waals surface area contributed by atoms with Gasteiger partial charge in [0.2, 0.25) is 5.91 Å². The van der Waals surface area contributed by atoms with Crippen molar-refractivity contribution in [3.8, 4) is 0 Å². The summed E-state index contributed by atoms with van der Waals surface area (Å²) in [5.41, 5.74) is 2.70. The lowest BCUT2D eigenvalue weighted by Crippen LogP contribution is -2.53. The number of hydrogen-bond donors (Lipinski definition) is 0. The zero-order valence-electron chi connectivity index (χ0n) is 13.9. The number of carbonyl (C=O) groups is 1. The first kappa shape index (κ1) is 16.0. The molecule has 0 saturated carbocycles. The van der Waals surface area contributed by atoms with Crippen LogP contribution in [0.1, 0.15) is 23.1 Å². The van der Waals surface area contributed by atoms with Gasteiger partial charge in [0, 0.05) is 17.8 Å². The molecule has 1 heterocycles. The fraction of sp³-hybridized carbons (Fsp3) is 0.0952. The number of non-ortho nitro benzene ring substituents is 1. The number of carbonyl (C=O) groups excluding carboxylic acids is 1. The zero-order chi connectivity index (χ0) is 18.1. The Hall–Kier alpha value is -3.47. The molecule has 1 fully saturated rings. The minimum Gasteiger partial charge on any atom is -0.303 e. The molecule has 1 aliphatic heterocycles. The summed E-state index contributed by atoms with van der Waals surface area (Å²) in [4.78, 5) is 25.2. The normalized spacial score (nSPS) is 19.1. The predicted molar refractivity (Wildman–Crippen MR) is 98.9 cm³/mol. The monoisotopic (exact) mass is 344 g/mol. The van der Waals surface area contributed by atoms with Gasteiger partial charge in [-0.15, -0.1) is 0 Å². The first-order chi connectivity index (χ1) is 12.7. The van der Waals surface area contributed by atoms with Gasteiger partial charge in [-0.05, 0) is 23.3 Å². The van der Waals surface area contributed by atoms with Crippen molar-refractivity contribution in [3.05, 3.63) is 106 Å². The van der Waals surface area contributed by atoms with Gasteiger partial charge in [-0.3, -0.25) is 14.9 Å². The number of nitrogens with zero attached hydrogens (tertiary/aromatic N) is 2. The molecular formula is C21H16N2O3. The van der Waals surface area contributed by atoms with Crippen LogP contribution in [0.2, 0.25) is 0 Å². The molecule has 0 N–H and O–H groups in total. The topological polar surface area (TPSA) is 63.4 Å². The lowest BCUT2D eigenvalue weighted by Gasteiger charge is -2.47. The van der Waals surface area contributed by atoms with Crippen LogP contribution in [0, 0.1) is 10.1 Å². The highest BCUT2D eigenvalue weighted by Crippen LogP contribution is 2.48. The Balaban J connectivity index is 1.76. The highest BCUT2D eigenvalue weighted by atomic mass is 16.6. The van der Waals surface area contributed by atoms with Crippen molar-refractivity contribution in [3.63, 3.8) is 0 Å². The van der Waals surface area contributed by atoms with Gasteiger partial charge in [0.05, 0.1) is 16.9 Å². The Morgan fingerprint density at radius 3 is 1.92 bits per heavy atom. The number of β-lactam (4-membered cyclic amide) rings is 1.